The van der Waals surface area contributed by atoms with E-state index < -0.39 is 0 Å². The van der Waals surface area contributed by atoms with Gasteiger partial charge in [-0.1, -0.05) is 6.42 Å². The summed E-state index contributed by atoms with van der Waals surface area (Å²) in [5.41, 5.74) is 0. The number of carbonyl (C=O) groups is 2. The summed E-state index contributed by atoms with van der Waals surface area (Å²) in [6, 6.07) is 0.330. The predicted octanol–water partition coefficient (Wildman–Crippen LogP) is 1.66. The standard InChI is InChI=1S/C18H28N2O3/c1-11(2)20-16-13-8-12(9-14(13)18(20)22)17(16)23-15(21)10-19-6-4-3-5-7-19/h11-14,16-17H,3-10H2,1-2H3. The van der Waals surface area contributed by atoms with Crippen LogP contribution in [0.1, 0.15) is 46.0 Å². The molecule has 23 heavy (non-hydrogen) atoms. The van der Waals surface area contributed by atoms with E-state index >= 15 is 0 Å². The van der Waals surface area contributed by atoms with Crippen molar-refractivity contribution in [3.63, 3.8) is 0 Å². The molecule has 0 aromatic heterocycles. The lowest BCUT2D eigenvalue weighted by Crippen LogP contribution is -2.48. The Hall–Kier alpha value is -1.10. The second kappa shape index (κ2) is 5.76. The monoisotopic (exact) mass is 320 g/mol. The van der Waals surface area contributed by atoms with Crippen molar-refractivity contribution in [2.75, 3.05) is 19.6 Å². The first-order valence-corrected chi connectivity index (χ1v) is 9.30. The summed E-state index contributed by atoms with van der Waals surface area (Å²) in [6.07, 6.45) is 5.55. The van der Waals surface area contributed by atoms with Crippen LogP contribution in [0.2, 0.25) is 0 Å². The quantitative estimate of drug-likeness (QED) is 0.739. The van der Waals surface area contributed by atoms with Crippen LogP contribution in [-0.2, 0) is 14.3 Å². The molecule has 1 amide bonds. The summed E-state index contributed by atoms with van der Waals surface area (Å²) in [7, 11) is 0. The molecule has 5 nitrogen and oxygen atoms in total. The maximum atomic E-state index is 12.6. The van der Waals surface area contributed by atoms with E-state index in [1.165, 1.54) is 19.3 Å². The van der Waals surface area contributed by atoms with E-state index in [9.17, 15) is 9.59 Å². The van der Waals surface area contributed by atoms with E-state index in [0.717, 1.165) is 25.9 Å². The van der Waals surface area contributed by atoms with Crippen LogP contribution in [0.5, 0.6) is 0 Å². The fourth-order valence-electron chi connectivity index (χ4n) is 5.52. The van der Waals surface area contributed by atoms with Crippen LogP contribution in [-0.4, -0.2) is 59.5 Å². The number of likely N-dealkylation sites (tertiary alicyclic amines) is 2. The van der Waals surface area contributed by atoms with Gasteiger partial charge in [0.1, 0.15) is 6.10 Å². The minimum absolute atomic E-state index is 0.0672. The van der Waals surface area contributed by atoms with Gasteiger partial charge >= 0.3 is 5.97 Å². The Morgan fingerprint density at radius 3 is 2.65 bits per heavy atom. The lowest BCUT2D eigenvalue weighted by molar-refractivity contribution is -0.157. The van der Waals surface area contributed by atoms with Gasteiger partial charge in [-0.3, -0.25) is 14.5 Å². The maximum Gasteiger partial charge on any atom is 0.320 e. The average molecular weight is 320 g/mol. The number of amides is 1. The fraction of sp³-hybridized carbons (Fsp3) is 0.889. The zero-order chi connectivity index (χ0) is 16.1. The first-order valence-electron chi connectivity index (χ1n) is 9.30. The van der Waals surface area contributed by atoms with Crippen LogP contribution in [0.15, 0.2) is 0 Å². The summed E-state index contributed by atoms with van der Waals surface area (Å²) in [6.45, 7) is 6.58. The van der Waals surface area contributed by atoms with Crippen molar-refractivity contribution in [3.8, 4) is 0 Å². The minimum atomic E-state index is -0.0935. The number of ether oxygens (including phenoxy) is 1. The normalized spacial score (nSPS) is 39.5. The smallest absolute Gasteiger partial charge is 0.320 e. The number of carbonyl (C=O) groups excluding carboxylic acids is 2. The third-order valence-corrected chi connectivity index (χ3v) is 6.41. The molecule has 5 heteroatoms. The highest BCUT2D eigenvalue weighted by molar-refractivity contribution is 5.84. The number of rotatable bonds is 4. The highest BCUT2D eigenvalue weighted by Crippen LogP contribution is 2.56. The summed E-state index contributed by atoms with van der Waals surface area (Å²) in [5.74, 6) is 1.22. The Morgan fingerprint density at radius 1 is 1.22 bits per heavy atom. The molecular formula is C18H28N2O3. The van der Waals surface area contributed by atoms with Crippen molar-refractivity contribution in [2.45, 2.75) is 64.1 Å². The lowest BCUT2D eigenvalue weighted by atomic mass is 9.87. The Balaban J connectivity index is 1.43. The molecule has 0 N–H and O–H groups in total. The molecule has 2 saturated carbocycles. The van der Waals surface area contributed by atoms with E-state index in [0.29, 0.717) is 24.3 Å². The molecule has 2 heterocycles. The Kier molecular flexibility index (Phi) is 3.87. The number of fused-ring (bicyclic) bond motifs is 1. The fourth-order valence-corrected chi connectivity index (χ4v) is 5.52. The van der Waals surface area contributed by atoms with Gasteiger partial charge in [0.25, 0.3) is 0 Å². The van der Waals surface area contributed by atoms with Crippen LogP contribution in [0.4, 0.5) is 0 Å². The molecule has 2 saturated heterocycles. The van der Waals surface area contributed by atoms with E-state index in [1.807, 2.05) is 4.90 Å². The summed E-state index contributed by atoms with van der Waals surface area (Å²) >= 11 is 0. The number of nitrogens with zero attached hydrogens (tertiary/aromatic N) is 2. The molecule has 0 aromatic rings. The number of esters is 1. The molecule has 0 aromatic carbocycles. The zero-order valence-electron chi connectivity index (χ0n) is 14.2. The van der Waals surface area contributed by atoms with Gasteiger partial charge < -0.3 is 9.64 Å². The lowest BCUT2D eigenvalue weighted by Gasteiger charge is -2.34. The van der Waals surface area contributed by atoms with Crippen molar-refractivity contribution in [3.05, 3.63) is 0 Å². The molecule has 0 spiro atoms. The van der Waals surface area contributed by atoms with Crippen molar-refractivity contribution in [1.82, 2.24) is 9.80 Å². The third-order valence-electron chi connectivity index (χ3n) is 6.41. The van der Waals surface area contributed by atoms with Crippen molar-refractivity contribution < 1.29 is 14.3 Å². The van der Waals surface area contributed by atoms with Crippen molar-refractivity contribution in [2.24, 2.45) is 17.8 Å². The number of hydrogen-bond donors (Lipinski definition) is 0. The molecule has 2 bridgehead atoms. The summed E-state index contributed by atoms with van der Waals surface area (Å²) in [4.78, 5) is 29.2. The molecule has 2 aliphatic heterocycles. The molecule has 5 atom stereocenters. The van der Waals surface area contributed by atoms with Crippen molar-refractivity contribution >= 4 is 11.9 Å². The van der Waals surface area contributed by atoms with Gasteiger partial charge in [-0.15, -0.1) is 0 Å². The van der Waals surface area contributed by atoms with Crippen LogP contribution >= 0.6 is 0 Å². The average Bonchev–Trinajstić information content (AvgIpc) is 3.12. The second-order valence-electron chi connectivity index (χ2n) is 8.12. The third kappa shape index (κ3) is 2.48. The summed E-state index contributed by atoms with van der Waals surface area (Å²) < 4.78 is 5.93. The van der Waals surface area contributed by atoms with Gasteiger partial charge in [-0.2, -0.15) is 0 Å². The second-order valence-corrected chi connectivity index (χ2v) is 8.12. The van der Waals surface area contributed by atoms with Crippen LogP contribution < -0.4 is 0 Å². The van der Waals surface area contributed by atoms with Gasteiger partial charge in [-0.05, 0) is 64.5 Å². The Labute approximate surface area is 138 Å². The van der Waals surface area contributed by atoms with Gasteiger partial charge in [0.2, 0.25) is 5.91 Å². The predicted molar refractivity (Wildman–Crippen MR) is 85.6 cm³/mol. The van der Waals surface area contributed by atoms with Crippen LogP contribution in [0.25, 0.3) is 0 Å². The van der Waals surface area contributed by atoms with Crippen LogP contribution in [0.3, 0.4) is 0 Å². The first kappa shape index (κ1) is 15.4. The number of piperidine rings is 1. The molecule has 4 fully saturated rings. The Morgan fingerprint density at radius 2 is 1.96 bits per heavy atom. The van der Waals surface area contributed by atoms with Gasteiger partial charge in [0, 0.05) is 12.0 Å². The molecule has 5 unspecified atom stereocenters. The SMILES string of the molecule is CC(C)N1C(=O)C2CC3CC2C1C3OC(=O)CN1CCCCC1. The number of hydrogen-bond acceptors (Lipinski definition) is 4. The van der Waals surface area contributed by atoms with E-state index in [-0.39, 0.29) is 30.1 Å². The molecule has 0 radical (unpaired) electrons. The zero-order valence-corrected chi connectivity index (χ0v) is 14.2. The van der Waals surface area contributed by atoms with E-state index in [1.54, 1.807) is 0 Å². The highest BCUT2D eigenvalue weighted by Gasteiger charge is 2.64. The van der Waals surface area contributed by atoms with Crippen molar-refractivity contribution in [1.29, 1.82) is 0 Å². The molecule has 4 aliphatic rings. The molecule has 4 rings (SSSR count). The molecule has 128 valence electrons. The van der Waals surface area contributed by atoms with E-state index in [2.05, 4.69) is 18.7 Å². The minimum Gasteiger partial charge on any atom is -0.459 e. The molecular weight excluding hydrogens is 292 g/mol. The van der Waals surface area contributed by atoms with E-state index in [4.69, 9.17) is 4.74 Å². The van der Waals surface area contributed by atoms with Gasteiger partial charge in [0.05, 0.1) is 12.6 Å². The maximum absolute atomic E-state index is 12.6. The Bertz CT molecular complexity index is 500. The highest BCUT2D eigenvalue weighted by atomic mass is 16.5. The van der Waals surface area contributed by atoms with Gasteiger partial charge in [-0.25, -0.2) is 0 Å². The van der Waals surface area contributed by atoms with Crippen LogP contribution in [0, 0.1) is 17.8 Å². The topological polar surface area (TPSA) is 49.9 Å². The molecule has 2 aliphatic carbocycles. The summed E-state index contributed by atoms with van der Waals surface area (Å²) in [5, 5.41) is 0. The van der Waals surface area contributed by atoms with Gasteiger partial charge in [0.15, 0.2) is 0 Å². The first-order chi connectivity index (χ1) is 11.1. The largest absolute Gasteiger partial charge is 0.459 e.